The number of para-hydroxylation sites is 1. The maximum absolute atomic E-state index is 10.4. The molecule has 2 rings (SSSR count). The number of furan rings is 1. The van der Waals surface area contributed by atoms with Crippen LogP contribution in [0.5, 0.6) is 0 Å². The molecular weight excluding hydrogens is 220 g/mol. The van der Waals surface area contributed by atoms with Gasteiger partial charge in [-0.25, -0.2) is 0 Å². The standard InChI is InChI=1S/C9H5BrO2/c10-8-3-1-2-6-4-7(5-11)12-9(6)8/h1-5H. The predicted octanol–water partition coefficient (Wildman–Crippen LogP) is 3.01. The van der Waals surface area contributed by atoms with E-state index in [9.17, 15) is 4.79 Å². The number of carbonyl (C=O) groups excluding carboxylic acids is 1. The number of halogens is 1. The smallest absolute Gasteiger partial charge is 0.185 e. The monoisotopic (exact) mass is 224 g/mol. The summed E-state index contributed by atoms with van der Waals surface area (Å²) < 4.78 is 6.10. The Morgan fingerprint density at radius 2 is 2.25 bits per heavy atom. The molecule has 2 nitrogen and oxygen atoms in total. The normalized spacial score (nSPS) is 10.4. The molecule has 0 saturated carbocycles. The van der Waals surface area contributed by atoms with E-state index in [0.717, 1.165) is 15.4 Å². The molecule has 60 valence electrons. The van der Waals surface area contributed by atoms with Gasteiger partial charge in [0.25, 0.3) is 0 Å². The Morgan fingerprint density at radius 3 is 2.92 bits per heavy atom. The highest BCUT2D eigenvalue weighted by Gasteiger charge is 2.04. The van der Waals surface area contributed by atoms with Crippen molar-refractivity contribution in [3.8, 4) is 0 Å². The van der Waals surface area contributed by atoms with E-state index < -0.39 is 0 Å². The molecule has 0 atom stereocenters. The SMILES string of the molecule is O=Cc1cc2cccc(Br)c2o1. The second-order valence-corrected chi connectivity index (χ2v) is 3.28. The topological polar surface area (TPSA) is 30.2 Å². The van der Waals surface area contributed by atoms with Crippen LogP contribution in [-0.2, 0) is 0 Å². The number of hydrogen-bond acceptors (Lipinski definition) is 2. The van der Waals surface area contributed by atoms with Gasteiger partial charge in [0, 0.05) is 5.39 Å². The summed E-state index contributed by atoms with van der Waals surface area (Å²) >= 11 is 3.33. The number of aldehydes is 1. The lowest BCUT2D eigenvalue weighted by Crippen LogP contribution is -1.66. The van der Waals surface area contributed by atoms with Crippen LogP contribution in [0, 0.1) is 0 Å². The number of benzene rings is 1. The van der Waals surface area contributed by atoms with Gasteiger partial charge in [-0.1, -0.05) is 12.1 Å². The highest BCUT2D eigenvalue weighted by Crippen LogP contribution is 2.25. The van der Waals surface area contributed by atoms with Gasteiger partial charge >= 0.3 is 0 Å². The quantitative estimate of drug-likeness (QED) is 0.698. The molecule has 0 fully saturated rings. The van der Waals surface area contributed by atoms with Crippen LogP contribution in [0.4, 0.5) is 0 Å². The van der Waals surface area contributed by atoms with E-state index in [1.807, 2.05) is 18.2 Å². The van der Waals surface area contributed by atoms with Gasteiger partial charge in [0.15, 0.2) is 12.0 Å². The second kappa shape index (κ2) is 2.75. The molecule has 0 aliphatic rings. The second-order valence-electron chi connectivity index (χ2n) is 2.42. The molecule has 0 N–H and O–H groups in total. The Hall–Kier alpha value is -1.09. The number of hydrogen-bond donors (Lipinski definition) is 0. The fourth-order valence-corrected chi connectivity index (χ4v) is 1.57. The van der Waals surface area contributed by atoms with E-state index in [2.05, 4.69) is 15.9 Å². The molecule has 0 saturated heterocycles. The van der Waals surface area contributed by atoms with Crippen molar-refractivity contribution < 1.29 is 9.21 Å². The lowest BCUT2D eigenvalue weighted by molar-refractivity contribution is 0.110. The lowest BCUT2D eigenvalue weighted by atomic mass is 10.2. The Balaban J connectivity index is 2.82. The number of carbonyl (C=O) groups is 1. The third kappa shape index (κ3) is 1.06. The van der Waals surface area contributed by atoms with E-state index in [1.165, 1.54) is 0 Å². The fourth-order valence-electron chi connectivity index (χ4n) is 1.11. The molecule has 2 aromatic rings. The van der Waals surface area contributed by atoms with Gasteiger partial charge in [0.05, 0.1) is 4.47 Å². The van der Waals surface area contributed by atoms with Gasteiger partial charge in [-0.3, -0.25) is 4.79 Å². The third-order valence-electron chi connectivity index (χ3n) is 1.63. The van der Waals surface area contributed by atoms with E-state index in [0.29, 0.717) is 12.0 Å². The molecule has 0 unspecified atom stereocenters. The van der Waals surface area contributed by atoms with Crippen LogP contribution < -0.4 is 0 Å². The van der Waals surface area contributed by atoms with Crippen LogP contribution in [0.15, 0.2) is 33.2 Å². The largest absolute Gasteiger partial charge is 0.452 e. The average Bonchev–Trinajstić information content (AvgIpc) is 2.49. The summed E-state index contributed by atoms with van der Waals surface area (Å²) in [5.41, 5.74) is 0.722. The number of rotatable bonds is 1. The summed E-state index contributed by atoms with van der Waals surface area (Å²) in [6.07, 6.45) is 0.701. The van der Waals surface area contributed by atoms with E-state index in [-0.39, 0.29) is 0 Å². The molecule has 0 aliphatic carbocycles. The number of fused-ring (bicyclic) bond motifs is 1. The molecule has 1 aromatic carbocycles. The zero-order valence-electron chi connectivity index (χ0n) is 6.08. The molecule has 12 heavy (non-hydrogen) atoms. The van der Waals surface area contributed by atoms with Crippen molar-refractivity contribution in [3.05, 3.63) is 34.5 Å². The third-order valence-corrected chi connectivity index (χ3v) is 2.26. The van der Waals surface area contributed by atoms with Gasteiger partial charge < -0.3 is 4.42 Å². The van der Waals surface area contributed by atoms with Gasteiger partial charge in [0.2, 0.25) is 0 Å². The van der Waals surface area contributed by atoms with Crippen LogP contribution in [-0.4, -0.2) is 6.29 Å². The van der Waals surface area contributed by atoms with Crippen molar-refractivity contribution in [2.45, 2.75) is 0 Å². The van der Waals surface area contributed by atoms with Gasteiger partial charge in [-0.05, 0) is 28.1 Å². The predicted molar refractivity (Wildman–Crippen MR) is 49.3 cm³/mol. The van der Waals surface area contributed by atoms with E-state index in [4.69, 9.17) is 4.42 Å². The van der Waals surface area contributed by atoms with Crippen LogP contribution in [0.25, 0.3) is 11.0 Å². The first-order chi connectivity index (χ1) is 5.81. The highest BCUT2D eigenvalue weighted by molar-refractivity contribution is 9.10. The highest BCUT2D eigenvalue weighted by atomic mass is 79.9. The molecule has 0 radical (unpaired) electrons. The van der Waals surface area contributed by atoms with Crippen molar-refractivity contribution in [2.75, 3.05) is 0 Å². The van der Waals surface area contributed by atoms with Crippen LogP contribution in [0.2, 0.25) is 0 Å². The fraction of sp³-hybridized carbons (Fsp3) is 0. The van der Waals surface area contributed by atoms with Crippen LogP contribution in [0.3, 0.4) is 0 Å². The van der Waals surface area contributed by atoms with Crippen molar-refractivity contribution >= 4 is 33.2 Å². The summed E-state index contributed by atoms with van der Waals surface area (Å²) in [6.45, 7) is 0. The molecule has 3 heteroatoms. The summed E-state index contributed by atoms with van der Waals surface area (Å²) in [5.74, 6) is 0.358. The first-order valence-corrected chi connectivity index (χ1v) is 4.24. The summed E-state index contributed by atoms with van der Waals surface area (Å²) in [6, 6.07) is 7.39. The molecule has 1 heterocycles. The Kier molecular flexibility index (Phi) is 1.73. The minimum atomic E-state index is 0.358. The summed E-state index contributed by atoms with van der Waals surface area (Å²) in [5, 5.41) is 0.937. The van der Waals surface area contributed by atoms with Crippen molar-refractivity contribution in [3.63, 3.8) is 0 Å². The summed E-state index contributed by atoms with van der Waals surface area (Å²) in [4.78, 5) is 10.4. The van der Waals surface area contributed by atoms with Gasteiger partial charge in [-0.2, -0.15) is 0 Å². The lowest BCUT2D eigenvalue weighted by Gasteiger charge is -1.89. The van der Waals surface area contributed by atoms with Gasteiger partial charge in [0.1, 0.15) is 5.58 Å². The Morgan fingerprint density at radius 1 is 1.42 bits per heavy atom. The first-order valence-electron chi connectivity index (χ1n) is 3.44. The first kappa shape index (κ1) is 7.55. The van der Waals surface area contributed by atoms with Crippen molar-refractivity contribution in [1.82, 2.24) is 0 Å². The van der Waals surface area contributed by atoms with Crippen molar-refractivity contribution in [1.29, 1.82) is 0 Å². The Bertz CT molecular complexity index is 431. The maximum Gasteiger partial charge on any atom is 0.185 e. The molecular formula is C9H5BrO2. The zero-order valence-corrected chi connectivity index (χ0v) is 7.67. The van der Waals surface area contributed by atoms with Gasteiger partial charge in [-0.15, -0.1) is 0 Å². The van der Waals surface area contributed by atoms with Crippen LogP contribution in [0.1, 0.15) is 10.6 Å². The zero-order chi connectivity index (χ0) is 8.55. The van der Waals surface area contributed by atoms with Crippen molar-refractivity contribution in [2.24, 2.45) is 0 Å². The summed E-state index contributed by atoms with van der Waals surface area (Å²) in [7, 11) is 0. The van der Waals surface area contributed by atoms with E-state index in [1.54, 1.807) is 6.07 Å². The minimum absolute atomic E-state index is 0.358. The van der Waals surface area contributed by atoms with Crippen LogP contribution >= 0.6 is 15.9 Å². The molecule has 1 aromatic heterocycles. The van der Waals surface area contributed by atoms with E-state index >= 15 is 0 Å². The molecule has 0 spiro atoms. The molecule has 0 bridgehead atoms. The average molecular weight is 225 g/mol. The molecule has 0 aliphatic heterocycles. The Labute approximate surface area is 77.3 Å². The molecule has 0 amide bonds. The minimum Gasteiger partial charge on any atom is -0.452 e. The maximum atomic E-state index is 10.4.